The predicted octanol–water partition coefficient (Wildman–Crippen LogP) is 3.71. The van der Waals surface area contributed by atoms with Crippen LogP contribution in [0.4, 0.5) is 19.1 Å². The Balaban J connectivity index is 2.73. The lowest BCUT2D eigenvalue weighted by Gasteiger charge is -2.14. The molecule has 0 atom stereocenters. The summed E-state index contributed by atoms with van der Waals surface area (Å²) in [6, 6.07) is 2.16. The smallest absolute Gasteiger partial charge is 0.417 e. The van der Waals surface area contributed by atoms with E-state index >= 15 is 0 Å². The van der Waals surface area contributed by atoms with Crippen LogP contribution < -0.4 is 10.5 Å². The SMILES string of the molecule is COc1cc(C(F)(F)F)c(-c2cnoc2N)cc1Br. The van der Waals surface area contributed by atoms with Crippen molar-refractivity contribution in [3.05, 3.63) is 28.4 Å². The normalized spacial score (nSPS) is 11.6. The minimum Gasteiger partial charge on any atom is -0.496 e. The topological polar surface area (TPSA) is 61.3 Å². The zero-order valence-corrected chi connectivity index (χ0v) is 11.2. The molecule has 102 valence electrons. The van der Waals surface area contributed by atoms with Crippen molar-refractivity contribution in [3.8, 4) is 16.9 Å². The van der Waals surface area contributed by atoms with Crippen molar-refractivity contribution in [2.75, 3.05) is 12.8 Å². The Morgan fingerprint density at radius 1 is 1.32 bits per heavy atom. The monoisotopic (exact) mass is 336 g/mol. The number of anilines is 1. The standard InChI is InChI=1S/C11H8BrF3N2O2/c1-18-9-3-7(11(13,14)15)5(2-8(9)12)6-4-17-19-10(6)16/h2-4H,16H2,1H3. The summed E-state index contributed by atoms with van der Waals surface area (Å²) >= 11 is 3.13. The third-order valence-corrected chi connectivity index (χ3v) is 3.11. The second-order valence-corrected chi connectivity index (χ2v) is 4.49. The van der Waals surface area contributed by atoms with Crippen molar-refractivity contribution >= 4 is 21.8 Å². The van der Waals surface area contributed by atoms with Gasteiger partial charge in [-0.15, -0.1) is 0 Å². The fourth-order valence-corrected chi connectivity index (χ4v) is 2.12. The van der Waals surface area contributed by atoms with Crippen LogP contribution in [0.15, 0.2) is 27.3 Å². The molecular weight excluding hydrogens is 329 g/mol. The van der Waals surface area contributed by atoms with Crippen LogP contribution in [-0.4, -0.2) is 12.3 Å². The van der Waals surface area contributed by atoms with Crippen LogP contribution in [0.5, 0.6) is 5.75 Å². The van der Waals surface area contributed by atoms with E-state index in [-0.39, 0.29) is 22.8 Å². The van der Waals surface area contributed by atoms with Gasteiger partial charge in [0.2, 0.25) is 5.88 Å². The number of halogens is 4. The van der Waals surface area contributed by atoms with Crippen molar-refractivity contribution in [1.29, 1.82) is 0 Å². The van der Waals surface area contributed by atoms with Crippen LogP contribution in [-0.2, 0) is 6.18 Å². The van der Waals surface area contributed by atoms with Gasteiger partial charge in [0.05, 0.1) is 28.9 Å². The fraction of sp³-hybridized carbons (Fsp3) is 0.182. The molecule has 2 N–H and O–H groups in total. The van der Waals surface area contributed by atoms with E-state index < -0.39 is 11.7 Å². The molecule has 0 radical (unpaired) electrons. The lowest BCUT2D eigenvalue weighted by Crippen LogP contribution is -2.08. The number of nitrogens with two attached hydrogens (primary N) is 1. The molecule has 0 saturated heterocycles. The summed E-state index contributed by atoms with van der Waals surface area (Å²) in [5, 5.41) is 3.38. The minimum absolute atomic E-state index is 0.0751. The van der Waals surface area contributed by atoms with Gasteiger partial charge in [-0.2, -0.15) is 13.2 Å². The molecule has 2 rings (SSSR count). The molecule has 0 aliphatic rings. The molecule has 4 nitrogen and oxygen atoms in total. The Labute approximate surface area is 114 Å². The number of ether oxygens (including phenoxy) is 1. The summed E-state index contributed by atoms with van der Waals surface area (Å²) < 4.78 is 49.0. The Morgan fingerprint density at radius 3 is 2.47 bits per heavy atom. The maximum absolute atomic E-state index is 13.1. The molecule has 2 aromatic rings. The van der Waals surface area contributed by atoms with E-state index in [0.717, 1.165) is 12.3 Å². The molecule has 0 unspecified atom stereocenters. The van der Waals surface area contributed by atoms with E-state index in [1.54, 1.807) is 0 Å². The predicted molar refractivity (Wildman–Crippen MR) is 65.6 cm³/mol. The Kier molecular flexibility index (Phi) is 3.44. The molecule has 0 fully saturated rings. The molecule has 1 aromatic heterocycles. The van der Waals surface area contributed by atoms with Gasteiger partial charge in [0.1, 0.15) is 5.75 Å². The Hall–Kier alpha value is -1.70. The number of rotatable bonds is 2. The van der Waals surface area contributed by atoms with Gasteiger partial charge in [0.25, 0.3) is 0 Å². The lowest BCUT2D eigenvalue weighted by atomic mass is 10.0. The maximum Gasteiger partial charge on any atom is 0.417 e. The summed E-state index contributed by atoms with van der Waals surface area (Å²) in [6.45, 7) is 0. The number of nitrogen functional groups attached to an aromatic ring is 1. The summed E-state index contributed by atoms with van der Waals surface area (Å²) in [4.78, 5) is 0. The highest BCUT2D eigenvalue weighted by Crippen LogP contribution is 2.43. The molecule has 1 heterocycles. The van der Waals surface area contributed by atoms with Gasteiger partial charge in [-0.1, -0.05) is 5.16 Å². The summed E-state index contributed by atoms with van der Waals surface area (Å²) in [6.07, 6.45) is -3.41. The van der Waals surface area contributed by atoms with E-state index in [0.29, 0.717) is 4.47 Å². The molecule has 0 spiro atoms. The molecule has 0 aliphatic carbocycles. The first kappa shape index (κ1) is 13.7. The van der Waals surface area contributed by atoms with E-state index in [9.17, 15) is 13.2 Å². The summed E-state index contributed by atoms with van der Waals surface area (Å²) in [5.74, 6) is -0.103. The van der Waals surface area contributed by atoms with Gasteiger partial charge in [-0.05, 0) is 28.1 Å². The summed E-state index contributed by atoms with van der Waals surface area (Å²) in [7, 11) is 1.29. The van der Waals surface area contributed by atoms with E-state index in [1.807, 2.05) is 0 Å². The molecule has 8 heteroatoms. The Bertz CT molecular complexity index is 610. The van der Waals surface area contributed by atoms with Crippen molar-refractivity contribution in [3.63, 3.8) is 0 Å². The third-order valence-electron chi connectivity index (χ3n) is 2.49. The first-order valence-corrected chi connectivity index (χ1v) is 5.79. The largest absolute Gasteiger partial charge is 0.496 e. The highest BCUT2D eigenvalue weighted by Gasteiger charge is 2.35. The van der Waals surface area contributed by atoms with Crippen LogP contribution in [0.2, 0.25) is 0 Å². The quantitative estimate of drug-likeness (QED) is 0.907. The van der Waals surface area contributed by atoms with Crippen LogP contribution >= 0.6 is 15.9 Å². The first-order chi connectivity index (χ1) is 8.84. The first-order valence-electron chi connectivity index (χ1n) is 5.00. The average molecular weight is 337 g/mol. The van der Waals surface area contributed by atoms with Gasteiger partial charge >= 0.3 is 6.18 Å². The van der Waals surface area contributed by atoms with Crippen LogP contribution in [0.3, 0.4) is 0 Å². The van der Waals surface area contributed by atoms with E-state index in [4.69, 9.17) is 10.5 Å². The average Bonchev–Trinajstić information content (AvgIpc) is 2.73. The highest BCUT2D eigenvalue weighted by atomic mass is 79.9. The minimum atomic E-state index is -4.55. The molecular formula is C11H8BrF3N2O2. The highest BCUT2D eigenvalue weighted by molar-refractivity contribution is 9.10. The zero-order valence-electron chi connectivity index (χ0n) is 9.58. The van der Waals surface area contributed by atoms with Crippen molar-refractivity contribution < 1.29 is 22.4 Å². The van der Waals surface area contributed by atoms with Crippen molar-refractivity contribution in [2.45, 2.75) is 6.18 Å². The second-order valence-electron chi connectivity index (χ2n) is 3.63. The molecule has 0 saturated carbocycles. The third kappa shape index (κ3) is 2.53. The maximum atomic E-state index is 13.1. The lowest BCUT2D eigenvalue weighted by molar-refractivity contribution is -0.137. The van der Waals surface area contributed by atoms with Crippen molar-refractivity contribution in [2.24, 2.45) is 0 Å². The number of hydrogen-bond donors (Lipinski definition) is 1. The molecule has 0 aliphatic heterocycles. The second kappa shape index (κ2) is 4.76. The number of methoxy groups -OCH3 is 1. The molecule has 0 amide bonds. The number of nitrogens with zero attached hydrogens (tertiary/aromatic N) is 1. The number of hydrogen-bond acceptors (Lipinski definition) is 4. The van der Waals surface area contributed by atoms with Crippen LogP contribution in [0.25, 0.3) is 11.1 Å². The van der Waals surface area contributed by atoms with Gasteiger partial charge in [0, 0.05) is 5.56 Å². The molecule has 19 heavy (non-hydrogen) atoms. The van der Waals surface area contributed by atoms with Gasteiger partial charge in [0.15, 0.2) is 0 Å². The van der Waals surface area contributed by atoms with Gasteiger partial charge in [-0.25, -0.2) is 0 Å². The molecule has 0 bridgehead atoms. The number of aromatic nitrogens is 1. The van der Waals surface area contributed by atoms with Crippen LogP contribution in [0.1, 0.15) is 5.56 Å². The van der Waals surface area contributed by atoms with Gasteiger partial charge in [-0.3, -0.25) is 0 Å². The van der Waals surface area contributed by atoms with E-state index in [1.165, 1.54) is 13.2 Å². The number of alkyl halides is 3. The Morgan fingerprint density at radius 2 is 2.00 bits per heavy atom. The van der Waals surface area contributed by atoms with E-state index in [2.05, 4.69) is 25.6 Å². The van der Waals surface area contributed by atoms with Gasteiger partial charge < -0.3 is 15.0 Å². The number of benzene rings is 1. The van der Waals surface area contributed by atoms with Crippen molar-refractivity contribution in [1.82, 2.24) is 5.16 Å². The zero-order chi connectivity index (χ0) is 14.2. The fourth-order valence-electron chi connectivity index (χ4n) is 1.62. The van der Waals surface area contributed by atoms with Crippen LogP contribution in [0, 0.1) is 0 Å². The summed E-state index contributed by atoms with van der Waals surface area (Å²) in [5.41, 5.74) is 4.54. The molecule has 1 aromatic carbocycles.